The molecule has 0 unspecified atom stereocenters. The number of benzene rings is 1. The van der Waals surface area contributed by atoms with E-state index >= 15 is 0 Å². The highest BCUT2D eigenvalue weighted by molar-refractivity contribution is 7.89. The molecule has 9 nitrogen and oxygen atoms in total. The van der Waals surface area contributed by atoms with Gasteiger partial charge in [-0.15, -0.1) is 0 Å². The van der Waals surface area contributed by atoms with Crippen molar-refractivity contribution in [1.82, 2.24) is 19.0 Å². The van der Waals surface area contributed by atoms with E-state index in [1.807, 2.05) is 11.9 Å². The summed E-state index contributed by atoms with van der Waals surface area (Å²) in [5.74, 6) is 0.589. The van der Waals surface area contributed by atoms with Crippen molar-refractivity contribution in [1.29, 1.82) is 0 Å². The minimum absolute atomic E-state index is 0.0337. The summed E-state index contributed by atoms with van der Waals surface area (Å²) in [5.41, 5.74) is 1.28. The second-order valence-electron chi connectivity index (χ2n) is 11.2. The third kappa shape index (κ3) is 6.88. The third-order valence-electron chi connectivity index (χ3n) is 8.65. The molecule has 1 amide bonds. The molecule has 0 atom stereocenters. The molecule has 214 valence electrons. The fraction of sp³-hybridized carbons (Fsp3) is 0.750. The first-order valence-electron chi connectivity index (χ1n) is 14.0. The number of nitrogens with zero attached hydrogens (tertiary/aromatic N) is 4. The van der Waals surface area contributed by atoms with Gasteiger partial charge in [-0.25, -0.2) is 8.42 Å². The average Bonchev–Trinajstić information content (AvgIpc) is 3.75. The van der Waals surface area contributed by atoms with Crippen molar-refractivity contribution in [3.63, 3.8) is 0 Å². The zero-order valence-electron chi connectivity index (χ0n) is 23.8. The van der Waals surface area contributed by atoms with Crippen LogP contribution in [0.1, 0.15) is 49.7 Å². The Bertz CT molecular complexity index is 1040. The van der Waals surface area contributed by atoms with E-state index < -0.39 is 10.0 Å². The van der Waals surface area contributed by atoms with Crippen molar-refractivity contribution >= 4 is 15.9 Å². The van der Waals surface area contributed by atoms with Gasteiger partial charge in [0, 0.05) is 64.9 Å². The number of ether oxygens (including phenoxy) is 2. The summed E-state index contributed by atoms with van der Waals surface area (Å²) in [7, 11) is 1.29. The monoisotopic (exact) mass is 550 g/mol. The molecule has 4 rings (SSSR count). The number of likely N-dealkylation sites (N-methyl/N-ethyl adjacent to an activating group) is 2. The molecule has 2 saturated carbocycles. The number of methoxy groups -OCH3 is 1. The van der Waals surface area contributed by atoms with Crippen LogP contribution in [0.4, 0.5) is 0 Å². The summed E-state index contributed by atoms with van der Waals surface area (Å²) in [6.45, 7) is 8.59. The van der Waals surface area contributed by atoms with Crippen LogP contribution >= 0.6 is 0 Å². The maximum absolute atomic E-state index is 13.2. The second kappa shape index (κ2) is 12.6. The first kappa shape index (κ1) is 29.3. The fourth-order valence-electron chi connectivity index (χ4n) is 6.09. The van der Waals surface area contributed by atoms with Crippen LogP contribution in [0.15, 0.2) is 17.0 Å². The largest absolute Gasteiger partial charge is 0.497 e. The summed E-state index contributed by atoms with van der Waals surface area (Å²) in [6, 6.07) is 5.20. The molecule has 0 bridgehead atoms. The Hall–Kier alpha value is -1.72. The molecule has 0 radical (unpaired) electrons. The number of carbonyl (C=O) groups is 1. The minimum Gasteiger partial charge on any atom is -0.497 e. The van der Waals surface area contributed by atoms with E-state index in [2.05, 4.69) is 9.80 Å². The van der Waals surface area contributed by atoms with E-state index in [1.165, 1.54) is 43.3 Å². The molecule has 38 heavy (non-hydrogen) atoms. The Balaban J connectivity index is 1.17. The topological polar surface area (TPSA) is 82.6 Å². The Labute approximate surface area is 229 Å². The zero-order valence-corrected chi connectivity index (χ0v) is 24.6. The summed E-state index contributed by atoms with van der Waals surface area (Å²) < 4.78 is 38.5. The lowest BCUT2D eigenvalue weighted by Crippen LogP contribution is -2.52. The van der Waals surface area contributed by atoms with Crippen LogP contribution in [-0.4, -0.2) is 119 Å². The molecule has 0 N–H and O–H groups in total. The average molecular weight is 551 g/mol. The number of carbonyl (C=O) groups excluding carboxylic acids is 1. The Morgan fingerprint density at radius 2 is 1.42 bits per heavy atom. The molecule has 3 aliphatic rings. The number of hydrogen-bond donors (Lipinski definition) is 0. The Kier molecular flexibility index (Phi) is 9.73. The van der Waals surface area contributed by atoms with E-state index in [0.29, 0.717) is 22.9 Å². The van der Waals surface area contributed by atoms with Gasteiger partial charge in [0.2, 0.25) is 15.9 Å². The van der Waals surface area contributed by atoms with Crippen molar-refractivity contribution in [2.24, 2.45) is 0 Å². The van der Waals surface area contributed by atoms with Gasteiger partial charge in [-0.3, -0.25) is 14.6 Å². The van der Waals surface area contributed by atoms with Gasteiger partial charge >= 0.3 is 0 Å². The normalized spacial score (nSPS) is 23.5. The summed E-state index contributed by atoms with van der Waals surface area (Å²) in [4.78, 5) is 20.2. The van der Waals surface area contributed by atoms with Crippen LogP contribution in [0.25, 0.3) is 0 Å². The van der Waals surface area contributed by atoms with Crippen LogP contribution < -0.4 is 4.74 Å². The van der Waals surface area contributed by atoms with Gasteiger partial charge in [-0.1, -0.05) is 0 Å². The molecule has 0 spiro atoms. The van der Waals surface area contributed by atoms with E-state index in [9.17, 15) is 13.2 Å². The molecule has 10 heteroatoms. The number of hydrogen-bond acceptors (Lipinski definition) is 7. The predicted octanol–water partition coefficient (Wildman–Crippen LogP) is 2.50. The molecule has 1 aromatic rings. The first-order valence-corrected chi connectivity index (χ1v) is 15.5. The number of sulfonamides is 1. The highest BCUT2D eigenvalue weighted by Gasteiger charge is 2.35. The van der Waals surface area contributed by atoms with Crippen molar-refractivity contribution in [3.05, 3.63) is 23.3 Å². The number of rotatable bonds is 11. The van der Waals surface area contributed by atoms with Crippen LogP contribution in [0, 0.1) is 13.8 Å². The third-order valence-corrected chi connectivity index (χ3v) is 10.8. The van der Waals surface area contributed by atoms with Crippen molar-refractivity contribution in [2.75, 3.05) is 67.1 Å². The van der Waals surface area contributed by atoms with Gasteiger partial charge < -0.3 is 14.4 Å². The first-order chi connectivity index (χ1) is 18.1. The summed E-state index contributed by atoms with van der Waals surface area (Å²) in [6.07, 6.45) is 7.09. The molecule has 2 aliphatic carbocycles. The lowest BCUT2D eigenvalue weighted by molar-refractivity contribution is -0.137. The van der Waals surface area contributed by atoms with Gasteiger partial charge in [0.15, 0.2) is 0 Å². The quantitative estimate of drug-likeness (QED) is 0.392. The molecule has 1 aromatic carbocycles. The molecule has 1 saturated heterocycles. The lowest BCUT2D eigenvalue weighted by atomic mass is 9.89. The Morgan fingerprint density at radius 1 is 0.921 bits per heavy atom. The maximum Gasteiger partial charge on any atom is 0.248 e. The van der Waals surface area contributed by atoms with Gasteiger partial charge in [0.1, 0.15) is 12.4 Å². The van der Waals surface area contributed by atoms with E-state index in [0.717, 1.165) is 31.7 Å². The molecular formula is C28H46N4O5S. The summed E-state index contributed by atoms with van der Waals surface area (Å²) >= 11 is 0. The SMILES string of the molecule is COc1cc(C)c(S(=O)(=O)N(C)CCOCC(=O)N(C)[C@H]2CC[C@@H](N3CCN(C4CC4)CC3)CC2)c(C)c1. The molecule has 1 heterocycles. The molecule has 0 aromatic heterocycles. The zero-order chi connectivity index (χ0) is 27.4. The molecular weight excluding hydrogens is 504 g/mol. The fourth-order valence-corrected chi connectivity index (χ4v) is 7.65. The van der Waals surface area contributed by atoms with Crippen LogP contribution in [0.5, 0.6) is 5.75 Å². The van der Waals surface area contributed by atoms with Gasteiger partial charge in [0.05, 0.1) is 18.6 Å². The predicted molar refractivity (Wildman–Crippen MR) is 148 cm³/mol. The molecule has 1 aliphatic heterocycles. The van der Waals surface area contributed by atoms with E-state index in [-0.39, 0.29) is 36.6 Å². The maximum atomic E-state index is 13.2. The van der Waals surface area contributed by atoms with E-state index in [4.69, 9.17) is 9.47 Å². The minimum atomic E-state index is -3.68. The highest BCUT2D eigenvalue weighted by atomic mass is 32.2. The van der Waals surface area contributed by atoms with Crippen molar-refractivity contribution < 1.29 is 22.7 Å². The van der Waals surface area contributed by atoms with Crippen molar-refractivity contribution in [2.45, 2.75) is 75.4 Å². The smallest absolute Gasteiger partial charge is 0.248 e. The van der Waals surface area contributed by atoms with Gasteiger partial charge in [-0.2, -0.15) is 4.31 Å². The van der Waals surface area contributed by atoms with Crippen LogP contribution in [-0.2, 0) is 19.6 Å². The number of piperazine rings is 1. The molecule has 3 fully saturated rings. The van der Waals surface area contributed by atoms with Gasteiger partial charge in [0.25, 0.3) is 0 Å². The van der Waals surface area contributed by atoms with Crippen LogP contribution in [0.3, 0.4) is 0 Å². The summed E-state index contributed by atoms with van der Waals surface area (Å²) in [5, 5.41) is 0. The second-order valence-corrected chi connectivity index (χ2v) is 13.2. The standard InChI is InChI=1S/C28H46N4O5S/c1-21-18-26(36-5)19-22(2)28(21)38(34,35)29(3)16-17-37-20-27(33)30(4)23-6-8-24(9-7-23)31-12-14-32(15-13-31)25-10-11-25/h18-19,23-25H,6-17,20H2,1-5H3/t23-,24+. The lowest BCUT2D eigenvalue weighted by Gasteiger charge is -2.43. The highest BCUT2D eigenvalue weighted by Crippen LogP contribution is 2.31. The Morgan fingerprint density at radius 3 is 1.89 bits per heavy atom. The number of amides is 1. The van der Waals surface area contributed by atoms with Crippen molar-refractivity contribution in [3.8, 4) is 5.75 Å². The van der Waals surface area contributed by atoms with Gasteiger partial charge in [-0.05, 0) is 75.6 Å². The number of aryl methyl sites for hydroxylation is 2. The van der Waals surface area contributed by atoms with Crippen LogP contribution in [0.2, 0.25) is 0 Å². The van der Waals surface area contributed by atoms with E-state index in [1.54, 1.807) is 40.1 Å².